The number of nitroso groups, excluding NO2 is 1. The summed E-state index contributed by atoms with van der Waals surface area (Å²) in [7, 11) is 0. The molecule has 0 rings (SSSR count). The molecule has 3 unspecified atom stereocenters. The van der Waals surface area contributed by atoms with Crippen LogP contribution in [0.3, 0.4) is 0 Å². The second-order valence-corrected chi connectivity index (χ2v) is 2.66. The lowest BCUT2D eigenvalue weighted by Gasteiger charge is -2.24. The second-order valence-electron chi connectivity index (χ2n) is 2.66. The molecule has 14 heavy (non-hydrogen) atoms. The van der Waals surface area contributed by atoms with Gasteiger partial charge in [-0.05, 0) is 6.92 Å². The molecule has 0 aliphatic carbocycles. The van der Waals surface area contributed by atoms with Crippen molar-refractivity contribution in [3.05, 3.63) is 4.91 Å². The average molecular weight is 210 g/mol. The highest BCUT2D eigenvalue weighted by Crippen LogP contribution is 2.07. The zero-order valence-corrected chi connectivity index (χ0v) is 7.57. The summed E-state index contributed by atoms with van der Waals surface area (Å²) in [5, 5.41) is 37.3. The Labute approximate surface area is 80.1 Å². The molecular weight excluding hydrogens is 196 g/mol. The fraction of sp³-hybridized carbons (Fsp3) is 1.00. The molecule has 0 aromatic heterocycles. The van der Waals surface area contributed by atoms with Gasteiger partial charge >= 0.3 is 0 Å². The quantitative estimate of drug-likeness (QED) is 0.189. The molecule has 0 amide bonds. The van der Waals surface area contributed by atoms with E-state index < -0.39 is 31.3 Å². The van der Waals surface area contributed by atoms with Crippen molar-refractivity contribution >= 4 is 0 Å². The van der Waals surface area contributed by atoms with Crippen molar-refractivity contribution in [2.24, 2.45) is 5.18 Å². The number of ether oxygens (including phenoxy) is 1. The fourth-order valence-electron chi connectivity index (χ4n) is 0.796. The lowest BCUT2D eigenvalue weighted by molar-refractivity contribution is -0.198. The number of nitrogens with one attached hydrogen (secondary N) is 1. The van der Waals surface area contributed by atoms with Crippen LogP contribution in [0.5, 0.6) is 0 Å². The van der Waals surface area contributed by atoms with Gasteiger partial charge in [-0.15, -0.1) is 0 Å². The molecule has 0 aliphatic heterocycles. The van der Waals surface area contributed by atoms with Gasteiger partial charge in [0.2, 0.25) is 0 Å². The molecule has 0 heterocycles. The Morgan fingerprint density at radius 2 is 2.07 bits per heavy atom. The number of aliphatic hydroxyl groups excluding tert-OH is 3. The lowest BCUT2D eigenvalue weighted by atomic mass is 10.2. The van der Waals surface area contributed by atoms with Gasteiger partial charge < -0.3 is 25.3 Å². The Morgan fingerprint density at radius 3 is 2.36 bits per heavy atom. The van der Waals surface area contributed by atoms with Gasteiger partial charge in [-0.2, -0.15) is 10.4 Å². The molecule has 0 saturated carbocycles. The maximum atomic E-state index is 10.2. The topological polar surface area (TPSA) is 132 Å². The van der Waals surface area contributed by atoms with Crippen LogP contribution in [-0.4, -0.2) is 51.8 Å². The van der Waals surface area contributed by atoms with Crippen LogP contribution in [0.4, 0.5) is 0 Å². The molecule has 4 atom stereocenters. The summed E-state index contributed by atoms with van der Waals surface area (Å²) in [6.45, 7) is 0.564. The zero-order valence-electron chi connectivity index (χ0n) is 7.57. The number of aliphatic hydroxyl groups is 3. The minimum atomic E-state index is -1.57. The predicted octanol–water partition coefficient (Wildman–Crippen LogP) is -1.87. The smallest absolute Gasteiger partial charge is 0.180 e. The SMILES string of the molecule is CC(O)C(N=O)[C@H](NO)OC(O)CO. The van der Waals surface area contributed by atoms with Gasteiger partial charge in [-0.1, -0.05) is 5.18 Å². The molecule has 8 heteroatoms. The Hall–Kier alpha value is -0.640. The minimum Gasteiger partial charge on any atom is -0.391 e. The first-order valence-corrected chi connectivity index (χ1v) is 3.91. The molecule has 0 aromatic carbocycles. The van der Waals surface area contributed by atoms with Gasteiger partial charge in [0, 0.05) is 0 Å². The summed E-state index contributed by atoms with van der Waals surface area (Å²) in [6.07, 6.45) is -4.11. The van der Waals surface area contributed by atoms with E-state index in [1.165, 1.54) is 6.92 Å². The highest BCUT2D eigenvalue weighted by molar-refractivity contribution is 4.78. The fourth-order valence-corrected chi connectivity index (χ4v) is 0.796. The Bertz CT molecular complexity index is 166. The highest BCUT2D eigenvalue weighted by Gasteiger charge is 2.29. The van der Waals surface area contributed by atoms with Crippen LogP contribution in [0, 0.1) is 4.91 Å². The predicted molar refractivity (Wildman–Crippen MR) is 44.2 cm³/mol. The van der Waals surface area contributed by atoms with Gasteiger partial charge in [0.1, 0.15) is 0 Å². The molecule has 0 aliphatic rings. The summed E-state index contributed by atoms with van der Waals surface area (Å²) < 4.78 is 4.55. The summed E-state index contributed by atoms with van der Waals surface area (Å²) in [5.41, 5.74) is 1.55. The van der Waals surface area contributed by atoms with Gasteiger partial charge in [0.15, 0.2) is 18.6 Å². The van der Waals surface area contributed by atoms with Gasteiger partial charge in [0.25, 0.3) is 0 Å². The monoisotopic (exact) mass is 210 g/mol. The maximum absolute atomic E-state index is 10.2. The number of rotatable bonds is 7. The van der Waals surface area contributed by atoms with Crippen molar-refractivity contribution in [3.63, 3.8) is 0 Å². The summed E-state index contributed by atoms with van der Waals surface area (Å²) in [5.74, 6) is 0. The van der Waals surface area contributed by atoms with Crippen molar-refractivity contribution in [1.82, 2.24) is 5.48 Å². The lowest BCUT2D eigenvalue weighted by Crippen LogP contribution is -2.47. The number of hydrogen-bond donors (Lipinski definition) is 5. The van der Waals surface area contributed by atoms with Crippen LogP contribution >= 0.6 is 0 Å². The first-order chi connectivity index (χ1) is 6.56. The van der Waals surface area contributed by atoms with Crippen molar-refractivity contribution in [3.8, 4) is 0 Å². The molecule has 0 aromatic rings. The van der Waals surface area contributed by atoms with Crippen molar-refractivity contribution in [2.45, 2.75) is 31.6 Å². The summed E-state index contributed by atoms with van der Waals surface area (Å²) >= 11 is 0. The molecule has 8 nitrogen and oxygen atoms in total. The Balaban J connectivity index is 4.28. The first kappa shape index (κ1) is 13.4. The van der Waals surface area contributed by atoms with E-state index in [2.05, 4.69) is 9.91 Å². The number of nitrogens with zero attached hydrogens (tertiary/aromatic N) is 1. The van der Waals surface area contributed by atoms with E-state index in [4.69, 9.17) is 20.5 Å². The molecule has 0 bridgehead atoms. The summed E-state index contributed by atoms with van der Waals surface area (Å²) in [6, 6.07) is -1.29. The van der Waals surface area contributed by atoms with Crippen molar-refractivity contribution in [2.75, 3.05) is 6.61 Å². The molecular formula is C6H14N2O6. The molecule has 5 N–H and O–H groups in total. The highest BCUT2D eigenvalue weighted by atomic mass is 16.7. The molecule has 0 radical (unpaired) electrons. The van der Waals surface area contributed by atoms with E-state index in [1.807, 2.05) is 0 Å². The Morgan fingerprint density at radius 1 is 1.50 bits per heavy atom. The molecule has 0 fully saturated rings. The zero-order chi connectivity index (χ0) is 11.1. The average Bonchev–Trinajstić information content (AvgIpc) is 2.16. The standard InChI is InChI=1S/C6H14N2O6/c1-3(10)5(7-12)6(8-13)14-4(11)2-9/h3-6,8-11,13H,2H2,1H3/t3?,4?,5?,6-/m1/s1. The van der Waals surface area contributed by atoms with Crippen LogP contribution in [0.2, 0.25) is 0 Å². The molecule has 0 spiro atoms. The van der Waals surface area contributed by atoms with E-state index in [0.29, 0.717) is 0 Å². The first-order valence-electron chi connectivity index (χ1n) is 3.91. The van der Waals surface area contributed by atoms with E-state index >= 15 is 0 Å². The number of hydrogen-bond acceptors (Lipinski definition) is 8. The minimum absolute atomic E-state index is 0.705. The van der Waals surface area contributed by atoms with Crippen LogP contribution in [0.25, 0.3) is 0 Å². The largest absolute Gasteiger partial charge is 0.391 e. The van der Waals surface area contributed by atoms with Gasteiger partial charge in [0.05, 0.1) is 12.7 Å². The normalized spacial score (nSPS) is 19.8. The summed E-state index contributed by atoms with van der Waals surface area (Å²) in [4.78, 5) is 10.2. The van der Waals surface area contributed by atoms with Gasteiger partial charge in [-0.3, -0.25) is 0 Å². The van der Waals surface area contributed by atoms with Gasteiger partial charge in [-0.25, -0.2) is 0 Å². The maximum Gasteiger partial charge on any atom is 0.180 e. The van der Waals surface area contributed by atoms with Crippen LogP contribution in [0.15, 0.2) is 5.18 Å². The van der Waals surface area contributed by atoms with E-state index in [0.717, 1.165) is 0 Å². The van der Waals surface area contributed by atoms with Crippen LogP contribution in [0.1, 0.15) is 6.92 Å². The third-order valence-electron chi connectivity index (χ3n) is 1.51. The second kappa shape index (κ2) is 6.76. The van der Waals surface area contributed by atoms with E-state index in [-0.39, 0.29) is 0 Å². The molecule has 84 valence electrons. The van der Waals surface area contributed by atoms with E-state index in [1.54, 1.807) is 5.48 Å². The van der Waals surface area contributed by atoms with Crippen molar-refractivity contribution in [1.29, 1.82) is 0 Å². The van der Waals surface area contributed by atoms with Crippen LogP contribution < -0.4 is 5.48 Å². The van der Waals surface area contributed by atoms with Crippen molar-refractivity contribution < 1.29 is 25.3 Å². The third-order valence-corrected chi connectivity index (χ3v) is 1.51. The van der Waals surface area contributed by atoms with E-state index in [9.17, 15) is 4.91 Å². The van der Waals surface area contributed by atoms with Crippen LogP contribution in [-0.2, 0) is 4.74 Å². The Kier molecular flexibility index (Phi) is 6.45. The third kappa shape index (κ3) is 4.05. The number of hydroxylamine groups is 1. The molecule has 0 saturated heterocycles.